The number of carbonyl (C=O) groups is 2. The highest BCUT2D eigenvalue weighted by Gasteiger charge is 2.34. The van der Waals surface area contributed by atoms with Gasteiger partial charge in [-0.05, 0) is 51.8 Å². The largest absolute Gasteiger partial charge is 0.486 e. The number of nitrogens with one attached hydrogen (secondary N) is 1. The molecule has 3 aromatic rings. The van der Waals surface area contributed by atoms with Crippen LogP contribution in [0.4, 0.5) is 13.6 Å². The third-order valence-corrected chi connectivity index (χ3v) is 5.78. The first-order valence-electron chi connectivity index (χ1n) is 9.76. The van der Waals surface area contributed by atoms with E-state index in [4.69, 9.17) is 16.3 Å². The summed E-state index contributed by atoms with van der Waals surface area (Å²) < 4.78 is 33.9. The van der Waals surface area contributed by atoms with Gasteiger partial charge in [0.2, 0.25) is 0 Å². The number of hydrogen-bond donors (Lipinski definition) is 1. The van der Waals surface area contributed by atoms with E-state index in [-0.39, 0.29) is 35.3 Å². The Labute approximate surface area is 201 Å². The van der Waals surface area contributed by atoms with E-state index in [0.717, 1.165) is 4.90 Å². The summed E-state index contributed by atoms with van der Waals surface area (Å²) >= 11 is 9.72. The molecule has 0 atom stereocenters. The van der Waals surface area contributed by atoms with Gasteiger partial charge in [0.25, 0.3) is 5.91 Å². The molecule has 1 saturated heterocycles. The Morgan fingerprint density at radius 2 is 1.64 bits per heavy atom. The fourth-order valence-electron chi connectivity index (χ4n) is 3.24. The Balaban J connectivity index is 1.52. The number of halogens is 4. The molecule has 0 aliphatic carbocycles. The van der Waals surface area contributed by atoms with Crippen LogP contribution in [-0.4, -0.2) is 16.8 Å². The monoisotopic (exact) mass is 532 g/mol. The van der Waals surface area contributed by atoms with Crippen LogP contribution in [0.2, 0.25) is 5.02 Å². The van der Waals surface area contributed by atoms with Crippen LogP contribution >= 0.6 is 27.5 Å². The number of amides is 3. The fraction of sp³-hybridized carbons (Fsp3) is 0.0833. The van der Waals surface area contributed by atoms with Crippen LogP contribution in [0.25, 0.3) is 6.08 Å². The summed E-state index contributed by atoms with van der Waals surface area (Å²) in [6.45, 7) is -0.215. The van der Waals surface area contributed by atoms with E-state index in [1.807, 2.05) is 0 Å². The molecule has 0 saturated carbocycles. The van der Waals surface area contributed by atoms with E-state index in [1.54, 1.807) is 36.4 Å². The van der Waals surface area contributed by atoms with Gasteiger partial charge < -0.3 is 10.1 Å². The molecule has 3 amide bonds. The predicted molar refractivity (Wildman–Crippen MR) is 123 cm³/mol. The number of hydrogen-bond acceptors (Lipinski definition) is 3. The number of imide groups is 1. The molecule has 9 heteroatoms. The van der Waals surface area contributed by atoms with E-state index in [1.165, 1.54) is 30.3 Å². The van der Waals surface area contributed by atoms with Gasteiger partial charge in [-0.15, -0.1) is 0 Å². The van der Waals surface area contributed by atoms with Crippen LogP contribution in [0.3, 0.4) is 0 Å². The molecule has 168 valence electrons. The van der Waals surface area contributed by atoms with Crippen LogP contribution in [-0.2, 0) is 17.9 Å². The molecule has 5 nitrogen and oxygen atoms in total. The maximum atomic E-state index is 13.9. The molecule has 33 heavy (non-hydrogen) atoms. The van der Waals surface area contributed by atoms with Crippen molar-refractivity contribution in [3.8, 4) is 5.75 Å². The van der Waals surface area contributed by atoms with Crippen LogP contribution < -0.4 is 10.1 Å². The summed E-state index contributed by atoms with van der Waals surface area (Å²) in [6.07, 6.45) is 1.46. The molecular formula is C24H16BrClF2N2O3. The van der Waals surface area contributed by atoms with Crippen molar-refractivity contribution >= 4 is 45.5 Å². The van der Waals surface area contributed by atoms with Crippen molar-refractivity contribution in [2.45, 2.75) is 13.2 Å². The topological polar surface area (TPSA) is 58.6 Å². The van der Waals surface area contributed by atoms with Crippen molar-refractivity contribution in [3.05, 3.63) is 104 Å². The highest BCUT2D eigenvalue weighted by Crippen LogP contribution is 2.36. The zero-order valence-electron chi connectivity index (χ0n) is 16.9. The average Bonchev–Trinajstić information content (AvgIpc) is 3.03. The third-order valence-electron chi connectivity index (χ3n) is 4.91. The predicted octanol–water partition coefficient (Wildman–Crippen LogP) is 6.05. The lowest BCUT2D eigenvalue weighted by Gasteiger charge is -2.12. The van der Waals surface area contributed by atoms with E-state index in [9.17, 15) is 18.4 Å². The minimum atomic E-state index is -0.649. The summed E-state index contributed by atoms with van der Waals surface area (Å²) in [6, 6.07) is 14.7. The fourth-order valence-corrected chi connectivity index (χ4v) is 4.23. The standard InChI is InChI=1S/C24H16BrClF2N2O3/c25-17-9-14(10-18(26)22(17)33-13-16-6-2-4-8-20(16)28)11-21-23(31)30(24(32)29-21)12-15-5-1-3-7-19(15)27/h1-11H,12-13H2,(H,29,32)/b21-11+. The van der Waals surface area contributed by atoms with Gasteiger partial charge >= 0.3 is 6.03 Å². The maximum absolute atomic E-state index is 13.9. The Morgan fingerprint density at radius 1 is 1.00 bits per heavy atom. The van der Waals surface area contributed by atoms with Crippen molar-refractivity contribution in [2.24, 2.45) is 0 Å². The summed E-state index contributed by atoms with van der Waals surface area (Å²) in [5, 5.41) is 2.72. The first-order chi connectivity index (χ1) is 15.8. The van der Waals surface area contributed by atoms with Gasteiger partial charge in [-0.3, -0.25) is 9.69 Å². The molecule has 1 heterocycles. The van der Waals surface area contributed by atoms with E-state index >= 15 is 0 Å². The van der Waals surface area contributed by atoms with Crippen molar-refractivity contribution in [2.75, 3.05) is 0 Å². The third kappa shape index (κ3) is 5.07. The van der Waals surface area contributed by atoms with Crippen molar-refractivity contribution in [1.29, 1.82) is 0 Å². The summed E-state index contributed by atoms with van der Waals surface area (Å²) in [4.78, 5) is 25.9. The van der Waals surface area contributed by atoms with Gasteiger partial charge in [-0.2, -0.15) is 0 Å². The van der Waals surface area contributed by atoms with Gasteiger partial charge in [0.1, 0.15) is 23.9 Å². The zero-order chi connectivity index (χ0) is 23.5. The molecule has 1 N–H and O–H groups in total. The maximum Gasteiger partial charge on any atom is 0.329 e. The smallest absolute Gasteiger partial charge is 0.329 e. The van der Waals surface area contributed by atoms with Crippen LogP contribution in [0, 0.1) is 11.6 Å². The second kappa shape index (κ2) is 9.72. The number of ether oxygens (including phenoxy) is 1. The molecule has 1 aliphatic rings. The first kappa shape index (κ1) is 22.9. The molecule has 4 rings (SSSR count). The highest BCUT2D eigenvalue weighted by molar-refractivity contribution is 9.10. The molecule has 0 radical (unpaired) electrons. The second-order valence-corrected chi connectivity index (χ2v) is 8.43. The molecule has 1 aliphatic heterocycles. The van der Waals surface area contributed by atoms with Gasteiger partial charge in [0.05, 0.1) is 16.0 Å². The minimum absolute atomic E-state index is 0.0228. The molecule has 0 spiro atoms. The van der Waals surface area contributed by atoms with Crippen LogP contribution in [0.1, 0.15) is 16.7 Å². The Kier molecular flexibility index (Phi) is 6.76. The number of benzene rings is 3. The van der Waals surface area contributed by atoms with Gasteiger partial charge in [-0.1, -0.05) is 48.0 Å². The number of carbonyl (C=O) groups excluding carboxylic acids is 2. The average molecular weight is 534 g/mol. The summed E-state index contributed by atoms with van der Waals surface area (Å²) in [5.74, 6) is -1.17. The highest BCUT2D eigenvalue weighted by atomic mass is 79.9. The SMILES string of the molecule is O=C1N/C(=C/c2cc(Cl)c(OCc3ccccc3F)c(Br)c2)C(=O)N1Cc1ccccc1F. The van der Waals surface area contributed by atoms with Gasteiger partial charge in [0, 0.05) is 11.1 Å². The minimum Gasteiger partial charge on any atom is -0.486 e. The number of rotatable bonds is 6. The Morgan fingerprint density at radius 3 is 2.27 bits per heavy atom. The van der Waals surface area contributed by atoms with Gasteiger partial charge in [-0.25, -0.2) is 13.6 Å². The molecule has 0 aromatic heterocycles. The van der Waals surface area contributed by atoms with E-state index in [0.29, 0.717) is 21.3 Å². The van der Waals surface area contributed by atoms with Crippen molar-refractivity contribution < 1.29 is 23.1 Å². The Bertz CT molecular complexity index is 1260. The molecule has 0 unspecified atom stereocenters. The number of urea groups is 1. The van der Waals surface area contributed by atoms with Crippen molar-refractivity contribution in [1.82, 2.24) is 10.2 Å². The normalized spacial score (nSPS) is 14.7. The van der Waals surface area contributed by atoms with Crippen LogP contribution in [0.15, 0.2) is 70.8 Å². The van der Waals surface area contributed by atoms with Crippen LogP contribution in [0.5, 0.6) is 5.75 Å². The second-order valence-electron chi connectivity index (χ2n) is 7.16. The molecule has 0 bridgehead atoms. The summed E-state index contributed by atoms with van der Waals surface area (Å²) in [5.41, 5.74) is 1.14. The molecular weight excluding hydrogens is 518 g/mol. The molecule has 1 fully saturated rings. The number of nitrogens with zero attached hydrogens (tertiary/aromatic N) is 1. The van der Waals surface area contributed by atoms with Gasteiger partial charge in [0.15, 0.2) is 5.75 Å². The Hall–Kier alpha value is -3.23. The quantitative estimate of drug-likeness (QED) is 0.310. The first-order valence-corrected chi connectivity index (χ1v) is 10.9. The van der Waals surface area contributed by atoms with E-state index in [2.05, 4.69) is 21.2 Å². The zero-order valence-corrected chi connectivity index (χ0v) is 19.3. The lowest BCUT2D eigenvalue weighted by molar-refractivity contribution is -0.123. The van der Waals surface area contributed by atoms with Crippen molar-refractivity contribution in [3.63, 3.8) is 0 Å². The summed E-state index contributed by atoms with van der Waals surface area (Å²) in [7, 11) is 0. The van der Waals surface area contributed by atoms with E-state index < -0.39 is 17.8 Å². The lowest BCUT2D eigenvalue weighted by Crippen LogP contribution is -2.30. The molecule has 3 aromatic carbocycles. The lowest BCUT2D eigenvalue weighted by atomic mass is 10.1.